The summed E-state index contributed by atoms with van der Waals surface area (Å²) in [5, 5.41) is 1.75. The number of amides is 2. The SMILES string of the molecule is O=C(C1CCCN([S+](=O)([O-])c2cccs2)C1)N1CCC(N2CCOCC2=O)CC1. The van der Waals surface area contributed by atoms with Crippen LogP contribution in [0.5, 0.6) is 0 Å². The number of thiophene rings is 1. The topological polar surface area (TPSA) is 93.2 Å². The fraction of sp³-hybridized carbons (Fsp3) is 0.684. The zero-order valence-corrected chi connectivity index (χ0v) is 18.0. The molecule has 29 heavy (non-hydrogen) atoms. The molecule has 2 atom stereocenters. The van der Waals surface area contributed by atoms with Gasteiger partial charge in [0.05, 0.1) is 19.1 Å². The van der Waals surface area contributed by atoms with Gasteiger partial charge in [-0.1, -0.05) is 15.5 Å². The first-order valence-electron chi connectivity index (χ1n) is 10.2. The van der Waals surface area contributed by atoms with Gasteiger partial charge in [0.2, 0.25) is 16.0 Å². The van der Waals surface area contributed by atoms with Crippen LogP contribution in [0.25, 0.3) is 0 Å². The zero-order valence-electron chi connectivity index (χ0n) is 16.4. The standard InChI is InChI=1S/C19H27N3O5S2/c23-17-14-27-11-10-22(17)16-5-8-20(9-6-16)19(24)15-3-1-7-21(13-15)29(25,26)18-4-2-12-28-18/h2,4,12,15-16H,1,3,5-11,13-14H2. The van der Waals surface area contributed by atoms with Crippen LogP contribution in [-0.2, 0) is 28.9 Å². The molecule has 10 heteroatoms. The maximum absolute atomic E-state index is 13.1. The Bertz CT molecular complexity index is 779. The molecule has 160 valence electrons. The third kappa shape index (κ3) is 4.41. The van der Waals surface area contributed by atoms with Crippen molar-refractivity contribution in [3.05, 3.63) is 17.5 Å². The molecule has 0 saturated carbocycles. The number of likely N-dealkylation sites (tertiary alicyclic amines) is 1. The third-order valence-electron chi connectivity index (χ3n) is 6.06. The lowest BCUT2D eigenvalue weighted by atomic mass is 9.95. The molecule has 1 aromatic rings. The van der Waals surface area contributed by atoms with Crippen LogP contribution in [0, 0.1) is 5.92 Å². The number of sulfonamides is 1. The fourth-order valence-corrected chi connectivity index (χ4v) is 7.14. The summed E-state index contributed by atoms with van der Waals surface area (Å²) >= 11 is 1.21. The highest BCUT2D eigenvalue weighted by molar-refractivity contribution is 7.97. The summed E-state index contributed by atoms with van der Waals surface area (Å²) in [5.74, 6) is -0.217. The molecule has 2 amide bonds. The van der Waals surface area contributed by atoms with Crippen LogP contribution in [0.1, 0.15) is 25.7 Å². The fourth-order valence-electron chi connectivity index (χ4n) is 4.47. The van der Waals surface area contributed by atoms with Crippen molar-refractivity contribution in [1.82, 2.24) is 14.1 Å². The zero-order chi connectivity index (χ0) is 20.4. The molecule has 0 aliphatic carbocycles. The van der Waals surface area contributed by atoms with E-state index in [-0.39, 0.29) is 36.9 Å². The largest absolute Gasteiger partial charge is 0.592 e. The van der Waals surface area contributed by atoms with Crippen molar-refractivity contribution in [1.29, 1.82) is 0 Å². The number of ether oxygens (including phenoxy) is 1. The second kappa shape index (κ2) is 8.81. The Kier molecular flexibility index (Phi) is 6.35. The van der Waals surface area contributed by atoms with Crippen molar-refractivity contribution in [2.75, 3.05) is 45.9 Å². The summed E-state index contributed by atoms with van der Waals surface area (Å²) in [6.07, 6.45) is 2.94. The number of hydrogen-bond acceptors (Lipinski definition) is 6. The quantitative estimate of drug-likeness (QED) is 0.655. The number of carbonyl (C=O) groups is 2. The van der Waals surface area contributed by atoms with E-state index < -0.39 is 10.4 Å². The lowest BCUT2D eigenvalue weighted by Gasteiger charge is -2.41. The Morgan fingerprint density at radius 2 is 2.00 bits per heavy atom. The molecule has 4 rings (SSSR count). The van der Waals surface area contributed by atoms with Crippen molar-refractivity contribution >= 4 is 33.6 Å². The predicted molar refractivity (Wildman–Crippen MR) is 108 cm³/mol. The number of rotatable bonds is 4. The number of morpholine rings is 1. The monoisotopic (exact) mass is 441 g/mol. The molecule has 2 unspecified atom stereocenters. The van der Waals surface area contributed by atoms with E-state index in [1.165, 1.54) is 15.6 Å². The Labute approximate surface area is 176 Å². The molecule has 1 aromatic heterocycles. The van der Waals surface area contributed by atoms with Gasteiger partial charge in [0.1, 0.15) is 6.61 Å². The first kappa shape index (κ1) is 20.9. The molecule has 3 aliphatic heterocycles. The summed E-state index contributed by atoms with van der Waals surface area (Å²) in [5.41, 5.74) is 0. The van der Waals surface area contributed by atoms with E-state index in [4.69, 9.17) is 4.74 Å². The molecular formula is C19H27N3O5S2. The minimum absolute atomic E-state index is 0.0303. The van der Waals surface area contributed by atoms with Gasteiger partial charge >= 0.3 is 0 Å². The van der Waals surface area contributed by atoms with E-state index >= 15 is 0 Å². The smallest absolute Gasteiger partial charge is 0.248 e. The first-order valence-corrected chi connectivity index (χ1v) is 12.5. The maximum atomic E-state index is 13.1. The number of nitrogens with zero attached hydrogens (tertiary/aromatic N) is 3. The van der Waals surface area contributed by atoms with Crippen LogP contribution in [0.4, 0.5) is 0 Å². The van der Waals surface area contributed by atoms with Crippen LogP contribution < -0.4 is 0 Å². The van der Waals surface area contributed by atoms with Crippen molar-refractivity contribution in [2.45, 2.75) is 35.9 Å². The maximum Gasteiger partial charge on any atom is 0.248 e. The summed E-state index contributed by atoms with van der Waals surface area (Å²) < 4.78 is 32.6. The molecule has 4 heterocycles. The first-order chi connectivity index (χ1) is 14.0. The summed E-state index contributed by atoms with van der Waals surface area (Å²) in [6, 6.07) is 3.51. The predicted octanol–water partition coefficient (Wildman–Crippen LogP) is 1.21. The van der Waals surface area contributed by atoms with Crippen LogP contribution >= 0.6 is 11.3 Å². The summed E-state index contributed by atoms with van der Waals surface area (Å²) in [7, 11) is -3.52. The second-order valence-corrected chi connectivity index (χ2v) is 10.9. The Balaban J connectivity index is 1.34. The van der Waals surface area contributed by atoms with Gasteiger partial charge in [-0.3, -0.25) is 9.59 Å². The Morgan fingerprint density at radius 3 is 2.69 bits per heavy atom. The van der Waals surface area contributed by atoms with Crippen LogP contribution in [0.2, 0.25) is 0 Å². The van der Waals surface area contributed by atoms with Gasteiger partial charge in [-0.05, 0) is 37.1 Å². The molecule has 0 aromatic carbocycles. The highest BCUT2D eigenvalue weighted by atomic mass is 32.3. The van der Waals surface area contributed by atoms with Crippen LogP contribution in [0.15, 0.2) is 21.7 Å². The van der Waals surface area contributed by atoms with E-state index in [1.807, 2.05) is 9.80 Å². The highest BCUT2D eigenvalue weighted by Crippen LogP contribution is 2.31. The normalized spacial score (nSPS) is 27.1. The number of piperidine rings is 2. The van der Waals surface area contributed by atoms with E-state index in [0.717, 1.165) is 19.3 Å². The molecule has 3 fully saturated rings. The molecule has 0 bridgehead atoms. The average Bonchev–Trinajstić information content (AvgIpc) is 3.30. The van der Waals surface area contributed by atoms with Crippen molar-refractivity contribution < 1.29 is 23.1 Å². The Hall–Kier alpha value is -1.33. The van der Waals surface area contributed by atoms with Gasteiger partial charge in [0.25, 0.3) is 0 Å². The molecule has 0 spiro atoms. The van der Waals surface area contributed by atoms with Gasteiger partial charge in [-0.2, -0.15) is 0 Å². The number of hydrogen-bond donors (Lipinski definition) is 0. The molecular weight excluding hydrogens is 414 g/mol. The van der Waals surface area contributed by atoms with E-state index in [1.54, 1.807) is 17.5 Å². The van der Waals surface area contributed by atoms with Gasteiger partial charge < -0.3 is 19.1 Å². The summed E-state index contributed by atoms with van der Waals surface area (Å²) in [6.45, 7) is 3.28. The lowest BCUT2D eigenvalue weighted by Crippen LogP contribution is -2.54. The van der Waals surface area contributed by atoms with E-state index in [0.29, 0.717) is 43.4 Å². The molecule has 0 radical (unpaired) electrons. The third-order valence-corrected chi connectivity index (χ3v) is 9.30. The van der Waals surface area contributed by atoms with E-state index in [2.05, 4.69) is 0 Å². The van der Waals surface area contributed by atoms with Gasteiger partial charge in [-0.15, -0.1) is 4.31 Å². The second-order valence-electron chi connectivity index (χ2n) is 7.83. The molecule has 8 nitrogen and oxygen atoms in total. The minimum atomic E-state index is -3.52. The van der Waals surface area contributed by atoms with Crippen LogP contribution in [-0.4, -0.2) is 82.5 Å². The van der Waals surface area contributed by atoms with Crippen molar-refractivity contribution in [3.63, 3.8) is 0 Å². The van der Waals surface area contributed by atoms with E-state index in [9.17, 15) is 18.4 Å². The lowest BCUT2D eigenvalue weighted by molar-refractivity contribution is -0.148. The minimum Gasteiger partial charge on any atom is -0.592 e. The van der Waals surface area contributed by atoms with Gasteiger partial charge in [0.15, 0.2) is 10.4 Å². The highest BCUT2D eigenvalue weighted by Gasteiger charge is 2.40. The number of carbonyl (C=O) groups excluding carboxylic acids is 2. The van der Waals surface area contributed by atoms with Crippen molar-refractivity contribution in [2.24, 2.45) is 5.92 Å². The van der Waals surface area contributed by atoms with Crippen LogP contribution in [0.3, 0.4) is 0 Å². The molecule has 3 aliphatic rings. The van der Waals surface area contributed by atoms with Crippen molar-refractivity contribution in [3.8, 4) is 0 Å². The Morgan fingerprint density at radius 1 is 1.21 bits per heavy atom. The summed E-state index contributed by atoms with van der Waals surface area (Å²) in [4.78, 5) is 28.9. The molecule has 3 saturated heterocycles. The molecule has 0 N–H and O–H groups in total. The van der Waals surface area contributed by atoms with Gasteiger partial charge in [-0.25, -0.2) is 0 Å². The van der Waals surface area contributed by atoms with Gasteiger partial charge in [0, 0.05) is 38.3 Å². The average molecular weight is 442 g/mol.